The quantitative estimate of drug-likeness (QED) is 0.771. The lowest BCUT2D eigenvalue weighted by atomic mass is 10.1. The van der Waals surface area contributed by atoms with E-state index in [1.165, 1.54) is 18.9 Å². The van der Waals surface area contributed by atoms with Crippen molar-refractivity contribution in [3.63, 3.8) is 0 Å². The Morgan fingerprint density at radius 2 is 2.00 bits per heavy atom. The average Bonchev–Trinajstić information content (AvgIpc) is 2.84. The number of hydrogen-bond acceptors (Lipinski definition) is 1. The maximum absolute atomic E-state index is 13.1. The number of hydrogen-bond donors (Lipinski definition) is 0. The van der Waals surface area contributed by atoms with Crippen molar-refractivity contribution >= 4 is 5.91 Å². The van der Waals surface area contributed by atoms with Crippen LogP contribution in [0.3, 0.4) is 0 Å². The van der Waals surface area contributed by atoms with Gasteiger partial charge in [-0.2, -0.15) is 0 Å². The molecule has 3 heteroatoms. The normalized spacial score (nSPS) is 16.2. The summed E-state index contributed by atoms with van der Waals surface area (Å²) in [5, 5.41) is 0. The SMILES string of the molecule is Cc1cc(C(=O)N(C)C2CCCC2)ccc1F. The van der Waals surface area contributed by atoms with Gasteiger partial charge in [0.25, 0.3) is 5.91 Å². The molecule has 1 aromatic rings. The van der Waals surface area contributed by atoms with Crippen LogP contribution in [0.2, 0.25) is 0 Å². The van der Waals surface area contributed by atoms with Crippen LogP contribution in [-0.2, 0) is 0 Å². The van der Waals surface area contributed by atoms with Gasteiger partial charge >= 0.3 is 0 Å². The molecule has 2 rings (SSSR count). The fourth-order valence-electron chi connectivity index (χ4n) is 2.44. The minimum atomic E-state index is -0.259. The molecular formula is C14H18FNO. The van der Waals surface area contributed by atoms with Gasteiger partial charge in [-0.3, -0.25) is 4.79 Å². The molecule has 1 fully saturated rings. The van der Waals surface area contributed by atoms with Crippen molar-refractivity contribution in [3.05, 3.63) is 35.1 Å². The first kappa shape index (κ1) is 12.1. The highest BCUT2D eigenvalue weighted by Gasteiger charge is 2.24. The van der Waals surface area contributed by atoms with Crippen LogP contribution in [0.1, 0.15) is 41.6 Å². The Labute approximate surface area is 101 Å². The second-order valence-electron chi connectivity index (χ2n) is 4.82. The van der Waals surface area contributed by atoms with Crippen LogP contribution >= 0.6 is 0 Å². The van der Waals surface area contributed by atoms with E-state index in [-0.39, 0.29) is 11.7 Å². The lowest BCUT2D eigenvalue weighted by Crippen LogP contribution is -2.35. The number of carbonyl (C=O) groups excluding carboxylic acids is 1. The molecule has 1 amide bonds. The Balaban J connectivity index is 2.15. The fraction of sp³-hybridized carbons (Fsp3) is 0.500. The van der Waals surface area contributed by atoms with Crippen LogP contribution in [0.15, 0.2) is 18.2 Å². The largest absolute Gasteiger partial charge is 0.339 e. The molecule has 1 saturated carbocycles. The highest BCUT2D eigenvalue weighted by Crippen LogP contribution is 2.24. The first-order valence-corrected chi connectivity index (χ1v) is 6.13. The molecule has 2 nitrogen and oxygen atoms in total. The number of aryl methyl sites for hydroxylation is 1. The second kappa shape index (κ2) is 4.86. The van der Waals surface area contributed by atoms with Gasteiger partial charge in [0.1, 0.15) is 5.82 Å². The number of rotatable bonds is 2. The molecule has 92 valence electrons. The van der Waals surface area contributed by atoms with Crippen LogP contribution in [0.4, 0.5) is 4.39 Å². The Bertz CT molecular complexity index is 424. The highest BCUT2D eigenvalue weighted by atomic mass is 19.1. The van der Waals surface area contributed by atoms with E-state index in [4.69, 9.17) is 0 Å². The molecule has 1 aromatic carbocycles. The summed E-state index contributed by atoms with van der Waals surface area (Å²) in [6.45, 7) is 1.68. The van der Waals surface area contributed by atoms with Crippen LogP contribution in [-0.4, -0.2) is 23.9 Å². The van der Waals surface area contributed by atoms with E-state index in [0.717, 1.165) is 12.8 Å². The minimum Gasteiger partial charge on any atom is -0.339 e. The minimum absolute atomic E-state index is 0.000000000000000222. The van der Waals surface area contributed by atoms with Gasteiger partial charge in [-0.25, -0.2) is 4.39 Å². The molecule has 0 aromatic heterocycles. The first-order valence-electron chi connectivity index (χ1n) is 6.13. The Kier molecular flexibility index (Phi) is 3.46. The van der Waals surface area contributed by atoms with Crippen molar-refractivity contribution in [1.29, 1.82) is 0 Å². The van der Waals surface area contributed by atoms with E-state index in [0.29, 0.717) is 17.2 Å². The molecule has 0 atom stereocenters. The molecule has 0 unspecified atom stereocenters. The smallest absolute Gasteiger partial charge is 0.253 e. The van der Waals surface area contributed by atoms with Crippen LogP contribution in [0.5, 0.6) is 0 Å². The van der Waals surface area contributed by atoms with E-state index in [1.54, 1.807) is 24.0 Å². The maximum atomic E-state index is 13.1. The number of amides is 1. The molecular weight excluding hydrogens is 217 g/mol. The van der Waals surface area contributed by atoms with E-state index < -0.39 is 0 Å². The molecule has 0 heterocycles. The second-order valence-corrected chi connectivity index (χ2v) is 4.82. The molecule has 0 saturated heterocycles. The molecule has 17 heavy (non-hydrogen) atoms. The zero-order valence-electron chi connectivity index (χ0n) is 10.4. The van der Waals surface area contributed by atoms with E-state index in [2.05, 4.69) is 0 Å². The lowest BCUT2D eigenvalue weighted by Gasteiger charge is -2.24. The number of benzene rings is 1. The third kappa shape index (κ3) is 2.48. The molecule has 0 spiro atoms. The van der Waals surface area contributed by atoms with Gasteiger partial charge in [0.2, 0.25) is 0 Å². The zero-order valence-corrected chi connectivity index (χ0v) is 10.4. The standard InChI is InChI=1S/C14H18FNO/c1-10-9-11(7-8-13(10)15)14(17)16(2)12-5-3-4-6-12/h7-9,12H,3-6H2,1-2H3. The van der Waals surface area contributed by atoms with Crippen LogP contribution in [0.25, 0.3) is 0 Å². The molecule has 1 aliphatic carbocycles. The predicted molar refractivity (Wildman–Crippen MR) is 65.5 cm³/mol. The zero-order chi connectivity index (χ0) is 12.4. The molecule has 0 bridgehead atoms. The monoisotopic (exact) mass is 235 g/mol. The topological polar surface area (TPSA) is 20.3 Å². The van der Waals surface area contributed by atoms with Crippen molar-refractivity contribution in [2.24, 2.45) is 0 Å². The number of halogens is 1. The first-order chi connectivity index (χ1) is 8.09. The summed E-state index contributed by atoms with van der Waals surface area (Å²) in [4.78, 5) is 14.0. The Morgan fingerprint density at radius 1 is 1.35 bits per heavy atom. The van der Waals surface area contributed by atoms with Crippen molar-refractivity contribution in [3.8, 4) is 0 Å². The number of nitrogens with zero attached hydrogens (tertiary/aromatic N) is 1. The van der Waals surface area contributed by atoms with Gasteiger partial charge in [-0.05, 0) is 43.5 Å². The summed E-state index contributed by atoms with van der Waals surface area (Å²) in [6, 6.07) is 4.91. The third-order valence-corrected chi connectivity index (χ3v) is 3.60. The predicted octanol–water partition coefficient (Wildman–Crippen LogP) is 3.15. The van der Waals surface area contributed by atoms with Gasteiger partial charge < -0.3 is 4.90 Å². The Hall–Kier alpha value is -1.38. The summed E-state index contributed by atoms with van der Waals surface area (Å²) in [5.41, 5.74) is 1.11. The van der Waals surface area contributed by atoms with Gasteiger partial charge in [0, 0.05) is 18.7 Å². The van der Waals surface area contributed by atoms with Gasteiger partial charge in [-0.15, -0.1) is 0 Å². The molecule has 0 N–H and O–H groups in total. The van der Waals surface area contributed by atoms with Crippen LogP contribution < -0.4 is 0 Å². The average molecular weight is 235 g/mol. The summed E-state index contributed by atoms with van der Waals surface area (Å²) >= 11 is 0. The summed E-state index contributed by atoms with van der Waals surface area (Å²) < 4.78 is 13.1. The summed E-state index contributed by atoms with van der Waals surface area (Å²) in [7, 11) is 1.84. The fourth-order valence-corrected chi connectivity index (χ4v) is 2.44. The van der Waals surface area contributed by atoms with Crippen molar-refractivity contribution in [2.75, 3.05) is 7.05 Å². The Morgan fingerprint density at radius 3 is 2.59 bits per heavy atom. The van der Waals surface area contributed by atoms with Gasteiger partial charge in [-0.1, -0.05) is 12.8 Å². The van der Waals surface area contributed by atoms with Crippen molar-refractivity contribution in [1.82, 2.24) is 4.90 Å². The van der Waals surface area contributed by atoms with E-state index >= 15 is 0 Å². The highest BCUT2D eigenvalue weighted by molar-refractivity contribution is 5.94. The lowest BCUT2D eigenvalue weighted by molar-refractivity contribution is 0.0735. The van der Waals surface area contributed by atoms with Gasteiger partial charge in [0.05, 0.1) is 0 Å². The van der Waals surface area contributed by atoms with E-state index in [1.807, 2.05) is 7.05 Å². The maximum Gasteiger partial charge on any atom is 0.253 e. The molecule has 1 aliphatic rings. The molecule has 0 aliphatic heterocycles. The third-order valence-electron chi connectivity index (χ3n) is 3.60. The molecule has 0 radical (unpaired) electrons. The van der Waals surface area contributed by atoms with Crippen molar-refractivity contribution in [2.45, 2.75) is 38.6 Å². The summed E-state index contributed by atoms with van der Waals surface area (Å²) in [6.07, 6.45) is 4.57. The van der Waals surface area contributed by atoms with Gasteiger partial charge in [0.15, 0.2) is 0 Å². The van der Waals surface area contributed by atoms with Crippen LogP contribution in [0, 0.1) is 12.7 Å². The van der Waals surface area contributed by atoms with E-state index in [9.17, 15) is 9.18 Å². The summed E-state index contributed by atoms with van der Waals surface area (Å²) in [5.74, 6) is -0.259. The van der Waals surface area contributed by atoms with Crippen molar-refractivity contribution < 1.29 is 9.18 Å². The number of carbonyl (C=O) groups is 1.